The molecule has 0 aromatic heterocycles. The highest BCUT2D eigenvalue weighted by Crippen LogP contribution is 2.32. The van der Waals surface area contributed by atoms with Crippen molar-refractivity contribution < 1.29 is 4.79 Å². The highest BCUT2D eigenvalue weighted by molar-refractivity contribution is 5.96. The molecule has 3 heteroatoms. The molecule has 2 N–H and O–H groups in total. The maximum Gasteiger partial charge on any atom is 0.241 e. The zero-order chi connectivity index (χ0) is 13.3. The monoisotopic (exact) mass is 246 g/mol. The van der Waals surface area contributed by atoms with Crippen molar-refractivity contribution in [1.82, 2.24) is 5.32 Å². The van der Waals surface area contributed by atoms with E-state index in [9.17, 15) is 4.79 Å². The Kier molecular flexibility index (Phi) is 3.44. The van der Waals surface area contributed by atoms with Crippen LogP contribution in [0.2, 0.25) is 0 Å². The number of hydrogen-bond acceptors (Lipinski definition) is 2. The Morgan fingerprint density at radius 3 is 2.67 bits per heavy atom. The number of nitrogens with one attached hydrogen (secondary N) is 2. The number of fused-ring (bicyclic) bond motifs is 1. The lowest BCUT2D eigenvalue weighted by Crippen LogP contribution is -2.50. The van der Waals surface area contributed by atoms with Crippen LogP contribution in [0.5, 0.6) is 0 Å². The van der Waals surface area contributed by atoms with Gasteiger partial charge >= 0.3 is 0 Å². The molecule has 0 radical (unpaired) electrons. The van der Waals surface area contributed by atoms with Gasteiger partial charge in [-0.25, -0.2) is 0 Å². The van der Waals surface area contributed by atoms with Gasteiger partial charge in [0.1, 0.15) is 0 Å². The zero-order valence-corrected chi connectivity index (χ0v) is 11.6. The molecule has 1 aromatic carbocycles. The van der Waals surface area contributed by atoms with Crippen molar-refractivity contribution in [3.63, 3.8) is 0 Å². The molecular weight excluding hydrogens is 224 g/mol. The first-order valence-electron chi connectivity index (χ1n) is 6.63. The number of anilines is 1. The van der Waals surface area contributed by atoms with Gasteiger partial charge in [-0.1, -0.05) is 38.5 Å². The Morgan fingerprint density at radius 1 is 1.33 bits per heavy atom. The molecule has 18 heavy (non-hydrogen) atoms. The minimum atomic E-state index is -0.205. The van der Waals surface area contributed by atoms with Gasteiger partial charge in [-0.2, -0.15) is 0 Å². The molecule has 1 amide bonds. The average molecular weight is 246 g/mol. The molecule has 98 valence electrons. The first kappa shape index (κ1) is 13.1. The maximum atomic E-state index is 12.3. The van der Waals surface area contributed by atoms with Gasteiger partial charge in [-0.15, -0.1) is 0 Å². The van der Waals surface area contributed by atoms with Crippen LogP contribution in [0, 0.1) is 5.92 Å². The van der Waals surface area contributed by atoms with Crippen LogP contribution in [0.15, 0.2) is 24.3 Å². The van der Waals surface area contributed by atoms with Crippen LogP contribution in [-0.4, -0.2) is 11.9 Å². The lowest BCUT2D eigenvalue weighted by molar-refractivity contribution is -0.119. The van der Waals surface area contributed by atoms with E-state index < -0.39 is 0 Å². The summed E-state index contributed by atoms with van der Waals surface area (Å²) in [5.74, 6) is 0.390. The summed E-state index contributed by atoms with van der Waals surface area (Å²) in [6.45, 7) is 8.48. The molecule has 3 nitrogen and oxygen atoms in total. The molecule has 2 rings (SSSR count). The summed E-state index contributed by atoms with van der Waals surface area (Å²) in [6, 6.07) is 7.87. The fourth-order valence-corrected chi connectivity index (χ4v) is 2.52. The van der Waals surface area contributed by atoms with Crippen LogP contribution in [0.25, 0.3) is 0 Å². The van der Waals surface area contributed by atoms with Crippen LogP contribution < -0.4 is 10.6 Å². The van der Waals surface area contributed by atoms with Crippen LogP contribution in [0.4, 0.5) is 5.69 Å². The van der Waals surface area contributed by atoms with Crippen molar-refractivity contribution in [2.75, 3.05) is 5.32 Å². The smallest absolute Gasteiger partial charge is 0.241 e. The molecule has 1 aromatic rings. The molecular formula is C15H22N2O. The highest BCUT2D eigenvalue weighted by atomic mass is 16.2. The van der Waals surface area contributed by atoms with E-state index in [1.165, 1.54) is 0 Å². The maximum absolute atomic E-state index is 12.3. The summed E-state index contributed by atoms with van der Waals surface area (Å²) in [6.07, 6.45) is 0.984. The highest BCUT2D eigenvalue weighted by Gasteiger charge is 2.35. The Bertz CT molecular complexity index is 454. The topological polar surface area (TPSA) is 41.1 Å². The third-order valence-corrected chi connectivity index (χ3v) is 3.87. The SMILES string of the molecule is CCC(C)[C@@H]1NC(C)(C)c2ccccc2NC1=O. The Hall–Kier alpha value is -1.35. The zero-order valence-electron chi connectivity index (χ0n) is 11.6. The number of carbonyl (C=O) groups is 1. The Morgan fingerprint density at radius 2 is 2.00 bits per heavy atom. The largest absolute Gasteiger partial charge is 0.324 e. The van der Waals surface area contributed by atoms with Crippen LogP contribution in [0.3, 0.4) is 0 Å². The molecule has 0 saturated heterocycles. The third-order valence-electron chi connectivity index (χ3n) is 3.87. The predicted molar refractivity (Wildman–Crippen MR) is 74.5 cm³/mol. The van der Waals surface area contributed by atoms with E-state index in [1.807, 2.05) is 18.2 Å². The molecule has 0 bridgehead atoms. The molecule has 0 aliphatic carbocycles. The molecule has 0 fully saturated rings. The van der Waals surface area contributed by atoms with E-state index in [1.54, 1.807) is 0 Å². The number of para-hydroxylation sites is 1. The molecule has 1 unspecified atom stereocenters. The summed E-state index contributed by atoms with van der Waals surface area (Å²) in [4.78, 5) is 12.3. The molecule has 0 saturated carbocycles. The lowest BCUT2D eigenvalue weighted by Gasteiger charge is -2.31. The minimum absolute atomic E-state index is 0.0716. The van der Waals surface area contributed by atoms with Crippen molar-refractivity contribution in [3.05, 3.63) is 29.8 Å². The van der Waals surface area contributed by atoms with Crippen molar-refractivity contribution >= 4 is 11.6 Å². The molecule has 1 heterocycles. The first-order valence-corrected chi connectivity index (χ1v) is 6.63. The van der Waals surface area contributed by atoms with Gasteiger partial charge < -0.3 is 5.32 Å². The van der Waals surface area contributed by atoms with Crippen molar-refractivity contribution in [2.24, 2.45) is 5.92 Å². The van der Waals surface area contributed by atoms with Gasteiger partial charge in [0, 0.05) is 11.2 Å². The van der Waals surface area contributed by atoms with E-state index in [0.29, 0.717) is 5.92 Å². The number of amides is 1. The van der Waals surface area contributed by atoms with Crippen LogP contribution >= 0.6 is 0 Å². The summed E-state index contributed by atoms with van der Waals surface area (Å²) < 4.78 is 0. The predicted octanol–water partition coefficient (Wildman–Crippen LogP) is 2.88. The van der Waals surface area contributed by atoms with Crippen molar-refractivity contribution in [2.45, 2.75) is 45.7 Å². The van der Waals surface area contributed by atoms with Crippen LogP contribution in [-0.2, 0) is 10.3 Å². The van der Waals surface area contributed by atoms with Gasteiger partial charge in [0.05, 0.1) is 6.04 Å². The third kappa shape index (κ3) is 2.27. The second kappa shape index (κ2) is 4.73. The lowest BCUT2D eigenvalue weighted by atomic mass is 9.90. The number of benzene rings is 1. The fourth-order valence-electron chi connectivity index (χ4n) is 2.52. The van der Waals surface area contributed by atoms with E-state index >= 15 is 0 Å². The normalized spacial score (nSPS) is 23.8. The van der Waals surface area contributed by atoms with Gasteiger partial charge in [-0.05, 0) is 31.4 Å². The number of carbonyl (C=O) groups excluding carboxylic acids is 1. The van der Waals surface area contributed by atoms with Gasteiger partial charge in [0.2, 0.25) is 5.91 Å². The summed E-state index contributed by atoms with van der Waals surface area (Å²) in [7, 11) is 0. The fraction of sp³-hybridized carbons (Fsp3) is 0.533. The molecule has 2 atom stereocenters. The van der Waals surface area contributed by atoms with E-state index in [-0.39, 0.29) is 17.5 Å². The summed E-state index contributed by atoms with van der Waals surface area (Å²) >= 11 is 0. The van der Waals surface area contributed by atoms with Crippen molar-refractivity contribution in [1.29, 1.82) is 0 Å². The molecule has 1 aliphatic rings. The number of rotatable bonds is 2. The molecule has 0 spiro atoms. The quantitative estimate of drug-likeness (QED) is 0.842. The van der Waals surface area contributed by atoms with Gasteiger partial charge in [0.25, 0.3) is 0 Å². The summed E-state index contributed by atoms with van der Waals surface area (Å²) in [5, 5.41) is 6.54. The van der Waals surface area contributed by atoms with Gasteiger partial charge in [-0.3, -0.25) is 10.1 Å². The second-order valence-electron chi connectivity index (χ2n) is 5.67. The summed E-state index contributed by atoms with van der Waals surface area (Å²) in [5.41, 5.74) is 1.86. The van der Waals surface area contributed by atoms with Crippen LogP contribution in [0.1, 0.15) is 39.7 Å². The van der Waals surface area contributed by atoms with E-state index in [2.05, 4.69) is 44.4 Å². The first-order chi connectivity index (χ1) is 8.45. The van der Waals surface area contributed by atoms with E-state index in [0.717, 1.165) is 17.7 Å². The standard InChI is InChI=1S/C15H22N2O/c1-5-10(2)13-14(18)16-12-9-7-6-8-11(12)15(3,4)17-13/h6-10,13,17H,5H2,1-4H3,(H,16,18)/t10?,13-/m0/s1. The molecule has 1 aliphatic heterocycles. The average Bonchev–Trinajstić information content (AvgIpc) is 2.44. The second-order valence-corrected chi connectivity index (χ2v) is 5.67. The Balaban J connectivity index is 2.42. The van der Waals surface area contributed by atoms with Crippen molar-refractivity contribution in [3.8, 4) is 0 Å². The minimum Gasteiger partial charge on any atom is -0.324 e. The van der Waals surface area contributed by atoms with E-state index in [4.69, 9.17) is 0 Å². The Labute approximate surface area is 109 Å². The number of hydrogen-bond donors (Lipinski definition) is 2. The van der Waals surface area contributed by atoms with Gasteiger partial charge in [0.15, 0.2) is 0 Å².